The van der Waals surface area contributed by atoms with Crippen LogP contribution in [0.4, 0.5) is 0 Å². The molecule has 2 aliphatic heterocycles. The minimum atomic E-state index is -0.317. The molecule has 0 radical (unpaired) electrons. The Bertz CT molecular complexity index is 311. The third kappa shape index (κ3) is 3.19. The lowest BCUT2D eigenvalue weighted by Gasteiger charge is -2.34. The lowest BCUT2D eigenvalue weighted by Crippen LogP contribution is -2.49. The van der Waals surface area contributed by atoms with Crippen LogP contribution in [0.25, 0.3) is 0 Å². The normalized spacial score (nSPS) is 33.2. The van der Waals surface area contributed by atoms with E-state index in [1.165, 1.54) is 0 Å². The summed E-state index contributed by atoms with van der Waals surface area (Å²) < 4.78 is 0. The molecule has 0 bridgehead atoms. The highest BCUT2D eigenvalue weighted by Crippen LogP contribution is 2.24. The Hall–Kier alpha value is -1.10. The van der Waals surface area contributed by atoms with Crippen molar-refractivity contribution in [2.45, 2.75) is 38.6 Å². The zero-order valence-electron chi connectivity index (χ0n) is 10.3. The highest BCUT2D eigenvalue weighted by molar-refractivity contribution is 5.90. The van der Waals surface area contributed by atoms with Crippen LogP contribution in [0.3, 0.4) is 0 Å². The molecule has 2 heterocycles. The van der Waals surface area contributed by atoms with Gasteiger partial charge in [-0.3, -0.25) is 9.59 Å². The second-order valence-electron chi connectivity index (χ2n) is 5.47. The Kier molecular flexibility index (Phi) is 3.66. The molecular formula is C12H21N3O2. The van der Waals surface area contributed by atoms with E-state index in [4.69, 9.17) is 0 Å². The fourth-order valence-corrected chi connectivity index (χ4v) is 2.50. The molecule has 0 aromatic carbocycles. The van der Waals surface area contributed by atoms with Gasteiger partial charge in [-0.25, -0.2) is 0 Å². The molecule has 2 aliphatic rings. The largest absolute Gasteiger partial charge is 0.354 e. The third-order valence-electron chi connectivity index (χ3n) is 3.69. The van der Waals surface area contributed by atoms with Gasteiger partial charge in [0.2, 0.25) is 11.8 Å². The van der Waals surface area contributed by atoms with E-state index in [2.05, 4.69) is 22.9 Å². The van der Waals surface area contributed by atoms with E-state index < -0.39 is 0 Å². The molecule has 2 fully saturated rings. The molecule has 5 nitrogen and oxygen atoms in total. The molecule has 17 heavy (non-hydrogen) atoms. The molecule has 3 N–H and O–H groups in total. The van der Waals surface area contributed by atoms with Gasteiger partial charge in [-0.1, -0.05) is 6.92 Å². The van der Waals surface area contributed by atoms with Gasteiger partial charge in [0.05, 0.1) is 0 Å². The summed E-state index contributed by atoms with van der Waals surface area (Å²) >= 11 is 0. The second-order valence-corrected chi connectivity index (χ2v) is 5.47. The predicted molar refractivity (Wildman–Crippen MR) is 64.4 cm³/mol. The molecule has 96 valence electrons. The Morgan fingerprint density at radius 2 is 2.41 bits per heavy atom. The maximum absolute atomic E-state index is 11.8. The summed E-state index contributed by atoms with van der Waals surface area (Å²) in [4.78, 5) is 22.9. The quantitative estimate of drug-likeness (QED) is 0.637. The van der Waals surface area contributed by atoms with Crippen molar-refractivity contribution in [2.75, 3.05) is 19.6 Å². The van der Waals surface area contributed by atoms with E-state index in [9.17, 15) is 9.59 Å². The average molecular weight is 239 g/mol. The number of rotatable bonds is 3. The van der Waals surface area contributed by atoms with E-state index in [1.807, 2.05) is 0 Å². The van der Waals surface area contributed by atoms with Gasteiger partial charge in [-0.15, -0.1) is 0 Å². The fraction of sp³-hybridized carbons (Fsp3) is 0.833. The molecule has 2 rings (SSSR count). The molecule has 0 aromatic rings. The van der Waals surface area contributed by atoms with Crippen molar-refractivity contribution >= 4 is 11.8 Å². The highest BCUT2D eigenvalue weighted by Gasteiger charge is 2.30. The van der Waals surface area contributed by atoms with Gasteiger partial charge in [0, 0.05) is 19.5 Å². The predicted octanol–water partition coefficient (Wildman–Crippen LogP) is -0.229. The molecule has 5 heteroatoms. The van der Waals surface area contributed by atoms with Crippen molar-refractivity contribution in [3.63, 3.8) is 0 Å². The van der Waals surface area contributed by atoms with E-state index in [0.717, 1.165) is 25.9 Å². The van der Waals surface area contributed by atoms with E-state index in [0.29, 0.717) is 19.4 Å². The topological polar surface area (TPSA) is 70.2 Å². The molecular weight excluding hydrogens is 218 g/mol. The number of hydrogen-bond donors (Lipinski definition) is 3. The number of nitrogens with one attached hydrogen (secondary N) is 3. The van der Waals surface area contributed by atoms with Crippen LogP contribution in [0.5, 0.6) is 0 Å². The molecule has 0 aromatic heterocycles. The number of carbonyl (C=O) groups excluding carboxylic acids is 2. The molecule has 2 unspecified atom stereocenters. The van der Waals surface area contributed by atoms with Gasteiger partial charge >= 0.3 is 0 Å². The van der Waals surface area contributed by atoms with E-state index >= 15 is 0 Å². The maximum atomic E-state index is 11.8. The van der Waals surface area contributed by atoms with E-state index in [1.54, 1.807) is 0 Å². The van der Waals surface area contributed by atoms with Crippen LogP contribution in [0.15, 0.2) is 0 Å². The molecule has 2 amide bonds. The zero-order chi connectivity index (χ0) is 12.3. The summed E-state index contributed by atoms with van der Waals surface area (Å²) in [5, 5.41) is 9.00. The van der Waals surface area contributed by atoms with Crippen LogP contribution in [-0.4, -0.2) is 37.5 Å². The van der Waals surface area contributed by atoms with Gasteiger partial charge in [-0.05, 0) is 31.2 Å². The molecule has 0 saturated carbocycles. The molecule has 0 aliphatic carbocycles. The van der Waals surface area contributed by atoms with Crippen LogP contribution in [-0.2, 0) is 9.59 Å². The lowest BCUT2D eigenvalue weighted by molar-refractivity contribution is -0.126. The van der Waals surface area contributed by atoms with Gasteiger partial charge in [0.1, 0.15) is 6.04 Å². The van der Waals surface area contributed by atoms with Gasteiger partial charge in [0.15, 0.2) is 0 Å². The third-order valence-corrected chi connectivity index (χ3v) is 3.69. The Balaban J connectivity index is 1.77. The van der Waals surface area contributed by atoms with E-state index in [-0.39, 0.29) is 23.3 Å². The number of carbonyl (C=O) groups is 2. The minimum Gasteiger partial charge on any atom is -0.354 e. The number of amides is 2. The van der Waals surface area contributed by atoms with Crippen molar-refractivity contribution in [1.29, 1.82) is 0 Å². The summed E-state index contributed by atoms with van der Waals surface area (Å²) in [5.74, 6) is -0.0571. The van der Waals surface area contributed by atoms with Gasteiger partial charge < -0.3 is 16.0 Å². The van der Waals surface area contributed by atoms with Crippen molar-refractivity contribution in [3.05, 3.63) is 0 Å². The zero-order valence-corrected chi connectivity index (χ0v) is 10.3. The maximum Gasteiger partial charge on any atom is 0.242 e. The van der Waals surface area contributed by atoms with Crippen LogP contribution in [0.1, 0.15) is 32.6 Å². The lowest BCUT2D eigenvalue weighted by atomic mass is 9.83. The monoisotopic (exact) mass is 239 g/mol. The minimum absolute atomic E-state index is 0.0179. The van der Waals surface area contributed by atoms with Crippen molar-refractivity contribution in [3.8, 4) is 0 Å². The molecule has 2 saturated heterocycles. The highest BCUT2D eigenvalue weighted by atomic mass is 16.2. The van der Waals surface area contributed by atoms with Crippen LogP contribution < -0.4 is 16.0 Å². The standard InChI is InChI=1S/C12H21N3O2/c1-12(5-2-6-13-7-12)8-14-11(17)9-3-4-10(16)15-9/h9,13H,2-8H2,1H3,(H,14,17)(H,15,16). The van der Waals surface area contributed by atoms with Crippen molar-refractivity contribution in [1.82, 2.24) is 16.0 Å². The first-order valence-electron chi connectivity index (χ1n) is 6.37. The smallest absolute Gasteiger partial charge is 0.242 e. The summed E-state index contributed by atoms with van der Waals surface area (Å²) in [7, 11) is 0. The number of hydrogen-bond acceptors (Lipinski definition) is 3. The van der Waals surface area contributed by atoms with Crippen molar-refractivity contribution < 1.29 is 9.59 Å². The summed E-state index contributed by atoms with van der Waals surface area (Å²) in [6, 6.07) is -0.317. The number of piperidine rings is 1. The second kappa shape index (κ2) is 5.04. The van der Waals surface area contributed by atoms with Crippen LogP contribution in [0, 0.1) is 5.41 Å². The first kappa shape index (κ1) is 12.4. The Labute approximate surface area is 102 Å². The summed E-state index contributed by atoms with van der Waals surface area (Å²) in [6.07, 6.45) is 3.39. The van der Waals surface area contributed by atoms with Crippen molar-refractivity contribution in [2.24, 2.45) is 5.41 Å². The summed E-state index contributed by atoms with van der Waals surface area (Å²) in [6.45, 7) is 4.89. The van der Waals surface area contributed by atoms with Crippen LogP contribution in [0.2, 0.25) is 0 Å². The first-order chi connectivity index (χ1) is 8.09. The first-order valence-corrected chi connectivity index (χ1v) is 6.37. The summed E-state index contributed by atoms with van der Waals surface area (Å²) in [5.41, 5.74) is 0.149. The Morgan fingerprint density at radius 3 is 3.00 bits per heavy atom. The van der Waals surface area contributed by atoms with Gasteiger partial charge in [-0.2, -0.15) is 0 Å². The molecule has 0 spiro atoms. The van der Waals surface area contributed by atoms with Crippen LogP contribution >= 0.6 is 0 Å². The Morgan fingerprint density at radius 1 is 1.59 bits per heavy atom. The molecule has 2 atom stereocenters. The fourth-order valence-electron chi connectivity index (χ4n) is 2.50. The SMILES string of the molecule is CC1(CNC(=O)C2CCC(=O)N2)CCCNC1. The average Bonchev–Trinajstić information content (AvgIpc) is 2.74. The van der Waals surface area contributed by atoms with Gasteiger partial charge in [0.25, 0.3) is 0 Å².